The van der Waals surface area contributed by atoms with E-state index in [1.165, 1.54) is 6.33 Å². The summed E-state index contributed by atoms with van der Waals surface area (Å²) in [6, 6.07) is -1.21. The molecule has 0 saturated carbocycles. The summed E-state index contributed by atoms with van der Waals surface area (Å²) in [5.41, 5.74) is 6.44. The molecule has 1 aliphatic rings. The van der Waals surface area contributed by atoms with Crippen LogP contribution in [0.25, 0.3) is 0 Å². The number of nitrogens with two attached hydrogens (primary N) is 1. The maximum absolute atomic E-state index is 12.0. The molecule has 0 spiro atoms. The van der Waals surface area contributed by atoms with Gasteiger partial charge in [-0.25, -0.2) is 14.6 Å². The summed E-state index contributed by atoms with van der Waals surface area (Å²) in [6.07, 6.45) is 4.68. The van der Waals surface area contributed by atoms with Gasteiger partial charge in [-0.15, -0.1) is 0 Å². The number of urea groups is 1. The van der Waals surface area contributed by atoms with Crippen LogP contribution in [0.2, 0.25) is 0 Å². The molecule has 2 heterocycles. The highest BCUT2D eigenvalue weighted by molar-refractivity contribution is 5.82. The first kappa shape index (κ1) is 14.3. The molecule has 1 fully saturated rings. The van der Waals surface area contributed by atoms with Gasteiger partial charge < -0.3 is 26.0 Å². The van der Waals surface area contributed by atoms with Gasteiger partial charge in [-0.05, 0) is 12.8 Å². The Bertz CT molecular complexity index is 454. The Morgan fingerprint density at radius 3 is 2.80 bits per heavy atom. The predicted molar refractivity (Wildman–Crippen MR) is 71.0 cm³/mol. The number of likely N-dealkylation sites (tertiary alicyclic amines) is 1. The number of hydrogen-bond acceptors (Lipinski definition) is 4. The van der Waals surface area contributed by atoms with E-state index in [4.69, 9.17) is 5.73 Å². The average molecular weight is 281 g/mol. The van der Waals surface area contributed by atoms with Gasteiger partial charge >= 0.3 is 12.0 Å². The molecule has 1 aromatic rings. The molecule has 1 atom stereocenters. The number of carbonyl (C=O) groups excluding carboxylic acids is 1. The van der Waals surface area contributed by atoms with Crippen molar-refractivity contribution >= 4 is 12.0 Å². The van der Waals surface area contributed by atoms with E-state index in [2.05, 4.69) is 15.3 Å². The summed E-state index contributed by atoms with van der Waals surface area (Å²) in [7, 11) is 0. The molecule has 2 amide bonds. The summed E-state index contributed by atoms with van der Waals surface area (Å²) >= 11 is 0. The van der Waals surface area contributed by atoms with Crippen LogP contribution in [0.4, 0.5) is 4.79 Å². The third kappa shape index (κ3) is 3.70. The number of carboxylic acid groups (broad SMARTS) is 1. The molecule has 0 aliphatic carbocycles. The third-order valence-corrected chi connectivity index (χ3v) is 3.40. The van der Waals surface area contributed by atoms with E-state index < -0.39 is 12.0 Å². The smallest absolute Gasteiger partial charge is 0.326 e. The predicted octanol–water partition coefficient (Wildman–Crippen LogP) is -0.462. The lowest BCUT2D eigenvalue weighted by Crippen LogP contribution is -2.52. The Morgan fingerprint density at radius 1 is 1.55 bits per heavy atom. The molecule has 1 aromatic heterocycles. The number of piperidine rings is 1. The zero-order valence-corrected chi connectivity index (χ0v) is 11.1. The van der Waals surface area contributed by atoms with Crippen molar-refractivity contribution in [1.82, 2.24) is 20.2 Å². The number of imidazole rings is 1. The molecule has 0 aromatic carbocycles. The molecule has 2 rings (SSSR count). The first-order valence-corrected chi connectivity index (χ1v) is 6.57. The number of aromatic amines is 1. The number of H-pyrrole nitrogens is 1. The normalized spacial score (nSPS) is 17.8. The maximum Gasteiger partial charge on any atom is 0.326 e. The second-order valence-electron chi connectivity index (χ2n) is 4.95. The topological polar surface area (TPSA) is 124 Å². The van der Waals surface area contributed by atoms with Gasteiger partial charge in [-0.1, -0.05) is 0 Å². The van der Waals surface area contributed by atoms with Crippen LogP contribution >= 0.6 is 0 Å². The Hall–Kier alpha value is -2.09. The molecular formula is C12H19N5O3. The van der Waals surface area contributed by atoms with Crippen molar-refractivity contribution in [3.63, 3.8) is 0 Å². The number of hydrogen-bond donors (Lipinski definition) is 4. The van der Waals surface area contributed by atoms with Gasteiger partial charge in [0.1, 0.15) is 6.04 Å². The van der Waals surface area contributed by atoms with E-state index in [-0.39, 0.29) is 18.5 Å². The van der Waals surface area contributed by atoms with Crippen molar-refractivity contribution in [1.29, 1.82) is 0 Å². The number of carboxylic acids is 1. The van der Waals surface area contributed by atoms with E-state index >= 15 is 0 Å². The summed E-state index contributed by atoms with van der Waals surface area (Å²) in [4.78, 5) is 31.5. The van der Waals surface area contributed by atoms with Crippen LogP contribution in [0.3, 0.4) is 0 Å². The molecular weight excluding hydrogens is 262 g/mol. The maximum atomic E-state index is 12.0. The van der Waals surface area contributed by atoms with Crippen LogP contribution in [0, 0.1) is 0 Å². The molecule has 0 bridgehead atoms. The molecule has 1 aliphatic heterocycles. The summed E-state index contributed by atoms with van der Waals surface area (Å²) in [5, 5.41) is 11.7. The van der Waals surface area contributed by atoms with Crippen molar-refractivity contribution in [3.05, 3.63) is 18.2 Å². The first-order chi connectivity index (χ1) is 9.56. The number of carbonyl (C=O) groups is 2. The number of aromatic nitrogens is 2. The first-order valence-electron chi connectivity index (χ1n) is 6.57. The van der Waals surface area contributed by atoms with Crippen molar-refractivity contribution in [2.45, 2.75) is 31.3 Å². The molecule has 5 N–H and O–H groups in total. The summed E-state index contributed by atoms with van der Waals surface area (Å²) < 4.78 is 0. The Morgan fingerprint density at radius 2 is 2.25 bits per heavy atom. The molecule has 1 saturated heterocycles. The zero-order chi connectivity index (χ0) is 14.5. The van der Waals surface area contributed by atoms with E-state index in [0.717, 1.165) is 12.8 Å². The molecule has 0 unspecified atom stereocenters. The lowest BCUT2D eigenvalue weighted by Gasteiger charge is -2.31. The van der Waals surface area contributed by atoms with Gasteiger partial charge in [0, 0.05) is 37.4 Å². The lowest BCUT2D eigenvalue weighted by atomic mass is 10.1. The van der Waals surface area contributed by atoms with Crippen LogP contribution < -0.4 is 11.1 Å². The second kappa shape index (κ2) is 6.38. The van der Waals surface area contributed by atoms with Crippen LogP contribution in [-0.4, -0.2) is 57.1 Å². The van der Waals surface area contributed by atoms with Crippen molar-refractivity contribution in [2.75, 3.05) is 13.1 Å². The molecule has 20 heavy (non-hydrogen) atoms. The fraction of sp³-hybridized carbons (Fsp3) is 0.583. The quantitative estimate of drug-likeness (QED) is 0.594. The van der Waals surface area contributed by atoms with E-state index in [9.17, 15) is 14.7 Å². The minimum atomic E-state index is -1.07. The van der Waals surface area contributed by atoms with E-state index in [1.807, 2.05) is 0 Å². The number of aliphatic carboxylic acids is 1. The largest absolute Gasteiger partial charge is 0.480 e. The monoisotopic (exact) mass is 281 g/mol. The summed E-state index contributed by atoms with van der Waals surface area (Å²) in [5.74, 6) is -1.07. The van der Waals surface area contributed by atoms with Crippen LogP contribution in [0.5, 0.6) is 0 Å². The summed E-state index contributed by atoms with van der Waals surface area (Å²) in [6.45, 7) is 1.12. The minimum Gasteiger partial charge on any atom is -0.480 e. The van der Waals surface area contributed by atoms with E-state index in [1.54, 1.807) is 11.1 Å². The number of rotatable bonds is 4. The highest BCUT2D eigenvalue weighted by Crippen LogP contribution is 2.09. The van der Waals surface area contributed by atoms with Crippen molar-refractivity contribution in [3.8, 4) is 0 Å². The molecule has 110 valence electrons. The number of nitrogens with one attached hydrogen (secondary N) is 2. The van der Waals surface area contributed by atoms with E-state index in [0.29, 0.717) is 18.8 Å². The number of nitrogens with zero attached hydrogens (tertiary/aromatic N) is 2. The SMILES string of the molecule is NC1CCN(C(=O)N[C@@H](Cc2cnc[nH]2)C(=O)O)CC1. The fourth-order valence-corrected chi connectivity index (χ4v) is 2.16. The lowest BCUT2D eigenvalue weighted by molar-refractivity contribution is -0.139. The minimum absolute atomic E-state index is 0.124. The van der Waals surface area contributed by atoms with Crippen LogP contribution in [0.15, 0.2) is 12.5 Å². The van der Waals surface area contributed by atoms with Gasteiger partial charge in [0.15, 0.2) is 0 Å². The zero-order valence-electron chi connectivity index (χ0n) is 11.1. The fourth-order valence-electron chi connectivity index (χ4n) is 2.16. The van der Waals surface area contributed by atoms with Crippen molar-refractivity contribution < 1.29 is 14.7 Å². The van der Waals surface area contributed by atoms with Crippen LogP contribution in [-0.2, 0) is 11.2 Å². The second-order valence-corrected chi connectivity index (χ2v) is 4.95. The molecule has 0 radical (unpaired) electrons. The highest BCUT2D eigenvalue weighted by Gasteiger charge is 2.26. The van der Waals surface area contributed by atoms with Crippen LogP contribution in [0.1, 0.15) is 18.5 Å². The van der Waals surface area contributed by atoms with Gasteiger partial charge in [-0.2, -0.15) is 0 Å². The number of amides is 2. The highest BCUT2D eigenvalue weighted by atomic mass is 16.4. The van der Waals surface area contributed by atoms with Gasteiger partial charge in [0.05, 0.1) is 6.33 Å². The third-order valence-electron chi connectivity index (χ3n) is 3.40. The Balaban J connectivity index is 1.90. The standard InChI is InChI=1S/C12H19N5O3/c13-8-1-3-17(4-2-8)12(20)16-10(11(18)19)5-9-6-14-7-15-9/h6-8,10H,1-5,13H2,(H,14,15)(H,16,20)(H,18,19)/t10-/m0/s1. The van der Waals surface area contributed by atoms with Crippen molar-refractivity contribution in [2.24, 2.45) is 5.73 Å². The Kier molecular flexibility index (Phi) is 4.57. The molecule has 8 nitrogen and oxygen atoms in total. The Labute approximate surface area is 116 Å². The van der Waals surface area contributed by atoms with Gasteiger partial charge in [-0.3, -0.25) is 0 Å². The van der Waals surface area contributed by atoms with Gasteiger partial charge in [0.2, 0.25) is 0 Å². The average Bonchev–Trinajstić information content (AvgIpc) is 2.91. The molecule has 8 heteroatoms. The van der Waals surface area contributed by atoms with Gasteiger partial charge in [0.25, 0.3) is 0 Å².